The van der Waals surface area contributed by atoms with Gasteiger partial charge in [-0.2, -0.15) is 4.98 Å². The van der Waals surface area contributed by atoms with Crippen molar-refractivity contribution in [3.05, 3.63) is 16.7 Å². The van der Waals surface area contributed by atoms with Crippen LogP contribution in [0, 0.1) is 0 Å². The molecule has 0 bridgehead atoms. The summed E-state index contributed by atoms with van der Waals surface area (Å²) in [6.45, 7) is 0. The van der Waals surface area contributed by atoms with Crippen LogP contribution in [0.1, 0.15) is 25.5 Å². The summed E-state index contributed by atoms with van der Waals surface area (Å²) in [5, 5.41) is 9.59. The van der Waals surface area contributed by atoms with Gasteiger partial charge in [-0.25, -0.2) is 4.98 Å². The molecule has 0 aromatic carbocycles. The summed E-state index contributed by atoms with van der Waals surface area (Å²) in [6.07, 6.45) is 3.13. The third kappa shape index (κ3) is 1.44. The van der Waals surface area contributed by atoms with Crippen LogP contribution in [0.4, 0.5) is 5.95 Å². The summed E-state index contributed by atoms with van der Waals surface area (Å²) < 4.78 is 7.59. The number of nitrogen functional groups attached to an aromatic ring is 1. The number of hydrogen-bond acceptors (Lipinski definition) is 6. The highest BCUT2D eigenvalue weighted by atomic mass is 16.6. The number of aliphatic hydroxyl groups is 1. The maximum atomic E-state index is 11.7. The van der Waals surface area contributed by atoms with Crippen molar-refractivity contribution in [1.82, 2.24) is 19.5 Å². The Bertz CT molecular complexity index is 723. The quantitative estimate of drug-likeness (QED) is 0.639. The van der Waals surface area contributed by atoms with E-state index in [0.29, 0.717) is 12.1 Å². The van der Waals surface area contributed by atoms with Gasteiger partial charge in [-0.15, -0.1) is 0 Å². The fourth-order valence-electron chi connectivity index (χ4n) is 2.77. The number of hydrogen-bond donors (Lipinski definition) is 3. The lowest BCUT2D eigenvalue weighted by Gasteiger charge is -2.14. The zero-order valence-electron chi connectivity index (χ0n) is 10.0. The molecule has 0 radical (unpaired) electrons. The number of nitrogens with two attached hydrogens (primary N) is 1. The van der Waals surface area contributed by atoms with E-state index in [1.165, 1.54) is 6.33 Å². The molecule has 1 aliphatic heterocycles. The largest absolute Gasteiger partial charge is 0.390 e. The predicted molar refractivity (Wildman–Crippen MR) is 65.3 cm³/mol. The topological polar surface area (TPSA) is 119 Å². The van der Waals surface area contributed by atoms with Gasteiger partial charge >= 0.3 is 0 Å². The van der Waals surface area contributed by atoms with Crippen LogP contribution in [0.25, 0.3) is 11.2 Å². The molecule has 8 nitrogen and oxygen atoms in total. The van der Waals surface area contributed by atoms with Crippen molar-refractivity contribution in [1.29, 1.82) is 0 Å². The van der Waals surface area contributed by atoms with Gasteiger partial charge in [0.1, 0.15) is 6.23 Å². The first-order valence-electron chi connectivity index (χ1n) is 6.17. The van der Waals surface area contributed by atoms with Crippen molar-refractivity contribution in [3.63, 3.8) is 0 Å². The van der Waals surface area contributed by atoms with E-state index in [-0.39, 0.29) is 29.4 Å². The predicted octanol–water partition coefficient (Wildman–Crippen LogP) is -0.486. The molecule has 0 amide bonds. The molecule has 1 aliphatic carbocycles. The fraction of sp³-hybridized carbons (Fsp3) is 0.545. The summed E-state index contributed by atoms with van der Waals surface area (Å²) in [6, 6.07) is 0. The van der Waals surface area contributed by atoms with Crippen LogP contribution in [-0.2, 0) is 4.74 Å². The molecule has 4 rings (SSSR count). The molecule has 1 saturated heterocycles. The molecule has 3 atom stereocenters. The Morgan fingerprint density at radius 1 is 1.63 bits per heavy atom. The second kappa shape index (κ2) is 3.34. The van der Waals surface area contributed by atoms with Gasteiger partial charge in [0.25, 0.3) is 5.56 Å². The molecule has 2 aromatic heterocycles. The van der Waals surface area contributed by atoms with E-state index in [2.05, 4.69) is 15.0 Å². The molecule has 3 heterocycles. The number of rotatable bonds is 1. The molecular weight excluding hydrogens is 250 g/mol. The molecule has 2 aromatic rings. The number of nitrogens with zero attached hydrogens (tertiary/aromatic N) is 3. The number of aromatic nitrogens is 4. The number of H-pyrrole nitrogens is 1. The van der Waals surface area contributed by atoms with Crippen LogP contribution < -0.4 is 11.3 Å². The highest BCUT2D eigenvalue weighted by molar-refractivity contribution is 5.70. The van der Waals surface area contributed by atoms with Crippen molar-refractivity contribution < 1.29 is 9.84 Å². The van der Waals surface area contributed by atoms with Crippen molar-refractivity contribution in [3.8, 4) is 0 Å². The fourth-order valence-corrected chi connectivity index (χ4v) is 2.77. The molecule has 19 heavy (non-hydrogen) atoms. The molecule has 1 saturated carbocycles. The Hall–Kier alpha value is -1.93. The van der Waals surface area contributed by atoms with Crippen molar-refractivity contribution in [2.45, 2.75) is 37.2 Å². The maximum Gasteiger partial charge on any atom is 0.280 e. The second-order valence-corrected chi connectivity index (χ2v) is 5.17. The van der Waals surface area contributed by atoms with Crippen molar-refractivity contribution in [2.24, 2.45) is 0 Å². The number of anilines is 1. The van der Waals surface area contributed by atoms with Gasteiger partial charge in [0.2, 0.25) is 5.95 Å². The average Bonchev–Trinajstić information content (AvgIpc) is 2.75. The first-order chi connectivity index (χ1) is 9.09. The van der Waals surface area contributed by atoms with E-state index in [9.17, 15) is 9.90 Å². The molecule has 4 N–H and O–H groups in total. The zero-order valence-corrected chi connectivity index (χ0v) is 10.0. The first kappa shape index (κ1) is 10.9. The number of aliphatic hydroxyl groups excluding tert-OH is 1. The number of fused-ring (bicyclic) bond motifs is 1. The Morgan fingerprint density at radius 3 is 3.11 bits per heavy atom. The Kier molecular flexibility index (Phi) is 1.92. The van der Waals surface area contributed by atoms with Gasteiger partial charge in [-0.05, 0) is 12.8 Å². The summed E-state index contributed by atoms with van der Waals surface area (Å²) in [4.78, 5) is 22.3. The molecule has 1 spiro atoms. The third-order valence-electron chi connectivity index (χ3n) is 3.93. The summed E-state index contributed by atoms with van der Waals surface area (Å²) in [7, 11) is 0. The van der Waals surface area contributed by atoms with E-state index in [1.54, 1.807) is 4.57 Å². The lowest BCUT2D eigenvalue weighted by atomic mass is 10.2. The second-order valence-electron chi connectivity index (χ2n) is 5.17. The standard InChI is InChI=1S/C11H13N5O3/c12-10-14-8-7(9(18)15-10)13-4-16(8)6-1-2-11(19-6)3-5(11)17/h4-6,17H,1-3H2,(H3,12,14,15,18)/t5?,6-,11-/m1/s1. The van der Waals surface area contributed by atoms with Gasteiger partial charge in [0, 0.05) is 6.42 Å². The molecule has 100 valence electrons. The number of nitrogens with one attached hydrogen (secondary N) is 1. The minimum Gasteiger partial charge on any atom is -0.390 e. The van der Waals surface area contributed by atoms with E-state index < -0.39 is 5.60 Å². The molecule has 2 aliphatic rings. The SMILES string of the molecule is Nc1nc2c(ncn2[C@H]2CC[C@]3(CC3O)O2)c(=O)[nH]1. The Morgan fingerprint density at radius 2 is 2.42 bits per heavy atom. The Balaban J connectivity index is 1.78. The molecule has 1 unspecified atom stereocenters. The van der Waals surface area contributed by atoms with Gasteiger partial charge in [0.15, 0.2) is 11.2 Å². The van der Waals surface area contributed by atoms with Crippen molar-refractivity contribution in [2.75, 3.05) is 5.73 Å². The summed E-state index contributed by atoms with van der Waals surface area (Å²) in [5.74, 6) is 0.0541. The lowest BCUT2D eigenvalue weighted by Crippen LogP contribution is -2.17. The smallest absolute Gasteiger partial charge is 0.280 e. The van der Waals surface area contributed by atoms with Crippen molar-refractivity contribution >= 4 is 17.1 Å². The third-order valence-corrected chi connectivity index (χ3v) is 3.93. The van der Waals surface area contributed by atoms with E-state index >= 15 is 0 Å². The summed E-state index contributed by atoms with van der Waals surface area (Å²) >= 11 is 0. The van der Waals surface area contributed by atoms with Crippen LogP contribution in [0.15, 0.2) is 11.1 Å². The van der Waals surface area contributed by atoms with E-state index in [1.807, 2.05) is 0 Å². The first-order valence-corrected chi connectivity index (χ1v) is 6.17. The van der Waals surface area contributed by atoms with Crippen LogP contribution in [-0.4, -0.2) is 36.3 Å². The highest BCUT2D eigenvalue weighted by Crippen LogP contribution is 2.52. The monoisotopic (exact) mass is 263 g/mol. The maximum absolute atomic E-state index is 11.7. The van der Waals surface area contributed by atoms with Crippen LogP contribution in [0.5, 0.6) is 0 Å². The normalized spacial score (nSPS) is 33.3. The van der Waals surface area contributed by atoms with Gasteiger partial charge in [-0.3, -0.25) is 14.3 Å². The van der Waals surface area contributed by atoms with Gasteiger partial charge in [-0.1, -0.05) is 0 Å². The zero-order chi connectivity index (χ0) is 13.2. The van der Waals surface area contributed by atoms with Crippen LogP contribution >= 0.6 is 0 Å². The van der Waals surface area contributed by atoms with E-state index in [4.69, 9.17) is 10.5 Å². The van der Waals surface area contributed by atoms with E-state index in [0.717, 1.165) is 12.8 Å². The average molecular weight is 263 g/mol. The Labute approximate surface area is 107 Å². The highest BCUT2D eigenvalue weighted by Gasteiger charge is 2.59. The molecular formula is C11H13N5O3. The van der Waals surface area contributed by atoms with Gasteiger partial charge in [0.05, 0.1) is 18.0 Å². The minimum atomic E-state index is -0.395. The van der Waals surface area contributed by atoms with Crippen LogP contribution in [0.3, 0.4) is 0 Å². The minimum absolute atomic E-state index is 0.0541. The number of imidazole rings is 1. The van der Waals surface area contributed by atoms with Gasteiger partial charge < -0.3 is 15.6 Å². The lowest BCUT2D eigenvalue weighted by molar-refractivity contribution is -0.0327. The van der Waals surface area contributed by atoms with Crippen LogP contribution in [0.2, 0.25) is 0 Å². The molecule has 2 fully saturated rings. The number of ether oxygens (including phenoxy) is 1. The number of aromatic amines is 1. The molecule has 8 heteroatoms. The summed E-state index contributed by atoms with van der Waals surface area (Å²) in [5.41, 5.74) is 5.46.